The number of thioether (sulfide) groups is 1. The molecule has 0 atom stereocenters. The quantitative estimate of drug-likeness (QED) is 0.313. The van der Waals surface area contributed by atoms with Crippen LogP contribution in [0.15, 0.2) is 50.6 Å². The number of benzene rings is 2. The highest BCUT2D eigenvalue weighted by molar-refractivity contribution is 7.98. The number of aryl methyl sites for hydroxylation is 1. The minimum Gasteiger partial charge on any atom is -0.495 e. The topological polar surface area (TPSA) is 94.6 Å². The van der Waals surface area contributed by atoms with E-state index in [0.29, 0.717) is 22.5 Å². The summed E-state index contributed by atoms with van der Waals surface area (Å²) in [4.78, 5) is 30.0. The summed E-state index contributed by atoms with van der Waals surface area (Å²) in [5, 5.41) is 10.1. The molecule has 4 rings (SSSR count). The predicted octanol–water partition coefficient (Wildman–Crippen LogP) is 5.62. The number of aromatic nitrogens is 2. The normalized spacial score (nSPS) is 11.8. The van der Waals surface area contributed by atoms with Crippen molar-refractivity contribution in [2.24, 2.45) is 0 Å². The van der Waals surface area contributed by atoms with E-state index < -0.39 is 23.7 Å². The van der Waals surface area contributed by atoms with Crippen LogP contribution in [0.2, 0.25) is 0 Å². The van der Waals surface area contributed by atoms with Crippen molar-refractivity contribution in [3.63, 3.8) is 0 Å². The van der Waals surface area contributed by atoms with Crippen LogP contribution in [0.5, 0.6) is 5.75 Å². The number of thiazole rings is 1. The Morgan fingerprint density at radius 1 is 1.29 bits per heavy atom. The van der Waals surface area contributed by atoms with Gasteiger partial charge in [0.15, 0.2) is 12.1 Å². The molecule has 0 amide bonds. The van der Waals surface area contributed by atoms with Crippen molar-refractivity contribution in [1.82, 2.24) is 9.72 Å². The third kappa shape index (κ3) is 4.88. The minimum absolute atomic E-state index is 0.267. The number of ether oxygens (including phenoxy) is 1. The molecule has 2 heterocycles. The van der Waals surface area contributed by atoms with Gasteiger partial charge in [-0.3, -0.25) is 9.59 Å². The lowest BCUT2D eigenvalue weighted by molar-refractivity contribution is -0.138. The second kappa shape index (κ2) is 9.27. The number of alkyl halides is 1. The molecule has 0 saturated carbocycles. The van der Waals surface area contributed by atoms with E-state index in [0.717, 1.165) is 30.8 Å². The van der Waals surface area contributed by atoms with Crippen LogP contribution in [0, 0.1) is 6.92 Å². The van der Waals surface area contributed by atoms with Gasteiger partial charge in [-0.05, 0) is 32.4 Å². The van der Waals surface area contributed by atoms with Crippen molar-refractivity contribution < 1.29 is 23.6 Å². The van der Waals surface area contributed by atoms with Gasteiger partial charge in [0.1, 0.15) is 16.4 Å². The minimum atomic E-state index is -1.40. The highest BCUT2D eigenvalue weighted by Crippen LogP contribution is 2.38. The lowest BCUT2D eigenvalue weighted by Crippen LogP contribution is -2.19. The van der Waals surface area contributed by atoms with Crippen LogP contribution in [0.25, 0.3) is 21.5 Å². The number of nitrogens with zero attached hydrogens (tertiary/aromatic N) is 2. The molecule has 0 aliphatic carbocycles. The number of fused-ring (bicyclic) bond motifs is 1. The fourth-order valence-electron chi connectivity index (χ4n) is 3.42. The Bertz CT molecular complexity index is 1410. The Hall–Kier alpha value is -3.11. The first kappa shape index (κ1) is 24.0. The van der Waals surface area contributed by atoms with Crippen LogP contribution in [0.4, 0.5) is 4.39 Å². The Kier molecular flexibility index (Phi) is 6.55. The van der Waals surface area contributed by atoms with Crippen LogP contribution in [0.3, 0.4) is 0 Å². The summed E-state index contributed by atoms with van der Waals surface area (Å²) >= 11 is 3.05. The van der Waals surface area contributed by atoms with Crippen LogP contribution in [-0.2, 0) is 22.8 Å². The van der Waals surface area contributed by atoms with E-state index in [2.05, 4.69) is 4.98 Å². The molecule has 34 heavy (non-hydrogen) atoms. The average molecular weight is 503 g/mol. The van der Waals surface area contributed by atoms with Gasteiger partial charge in [0, 0.05) is 22.3 Å². The molecule has 7 nitrogen and oxygen atoms in total. The molecule has 4 aromatic rings. The lowest BCUT2D eigenvalue weighted by atomic mass is 9.99. The molecule has 0 spiro atoms. The average Bonchev–Trinajstić information content (AvgIpc) is 3.30. The highest BCUT2D eigenvalue weighted by atomic mass is 32.2. The summed E-state index contributed by atoms with van der Waals surface area (Å²) in [6.07, 6.45) is 0. The van der Waals surface area contributed by atoms with Crippen molar-refractivity contribution in [2.45, 2.75) is 43.6 Å². The zero-order chi connectivity index (χ0) is 24.6. The van der Waals surface area contributed by atoms with E-state index in [9.17, 15) is 14.0 Å². The molecule has 178 valence electrons. The molecule has 0 fully saturated rings. The summed E-state index contributed by atoms with van der Waals surface area (Å²) < 4.78 is 25.8. The largest absolute Gasteiger partial charge is 0.495 e. The number of halogens is 1. The van der Waals surface area contributed by atoms with Gasteiger partial charge in [-0.1, -0.05) is 24.3 Å². The number of carboxylic acid groups (broad SMARTS) is 1. The van der Waals surface area contributed by atoms with Gasteiger partial charge >= 0.3 is 5.97 Å². The van der Waals surface area contributed by atoms with Gasteiger partial charge in [-0.2, -0.15) is 4.74 Å². The molecule has 2 aromatic carbocycles. The number of carbonyl (C=O) groups is 1. The van der Waals surface area contributed by atoms with Crippen LogP contribution < -0.4 is 10.3 Å². The first-order chi connectivity index (χ1) is 16.1. The van der Waals surface area contributed by atoms with Crippen molar-refractivity contribution >= 4 is 40.0 Å². The van der Waals surface area contributed by atoms with E-state index in [1.165, 1.54) is 32.7 Å². The van der Waals surface area contributed by atoms with Gasteiger partial charge in [0.2, 0.25) is 0 Å². The number of hydrogen-bond acceptors (Lipinski definition) is 7. The number of rotatable bonds is 8. The van der Waals surface area contributed by atoms with E-state index in [-0.39, 0.29) is 5.58 Å². The van der Waals surface area contributed by atoms with Gasteiger partial charge in [0.05, 0.1) is 23.1 Å². The zero-order valence-electron chi connectivity index (χ0n) is 19.0. The molecule has 10 heteroatoms. The maximum atomic E-state index is 14.1. The Morgan fingerprint density at radius 3 is 2.62 bits per heavy atom. The number of methoxy groups -OCH3 is 1. The Morgan fingerprint density at radius 2 is 2.00 bits per heavy atom. The van der Waals surface area contributed by atoms with E-state index in [1.54, 1.807) is 35.6 Å². The molecule has 0 aliphatic rings. The van der Waals surface area contributed by atoms with Gasteiger partial charge in [-0.25, -0.2) is 9.37 Å². The lowest BCUT2D eigenvalue weighted by Gasteiger charge is -2.14. The number of carboxylic acids is 1. The number of aliphatic carboxylic acids is 1. The fraction of sp³-hybridized carbons (Fsp3) is 0.292. The van der Waals surface area contributed by atoms with Crippen LogP contribution >= 0.6 is 23.1 Å². The van der Waals surface area contributed by atoms with Crippen LogP contribution in [-0.4, -0.2) is 27.9 Å². The second-order valence-electron chi connectivity index (χ2n) is 8.19. The first-order valence-electron chi connectivity index (χ1n) is 10.4. The summed E-state index contributed by atoms with van der Waals surface area (Å²) in [5.74, 6) is -0.0370. The summed E-state index contributed by atoms with van der Waals surface area (Å²) in [5.41, 5.74) is 0.805. The van der Waals surface area contributed by atoms with Crippen molar-refractivity contribution in [3.05, 3.63) is 62.9 Å². The monoisotopic (exact) mass is 502 g/mol. The molecule has 2 aromatic heterocycles. The summed E-state index contributed by atoms with van der Waals surface area (Å²) in [6.45, 7) is 4.45. The summed E-state index contributed by atoms with van der Waals surface area (Å²) in [7, 11) is 1.52. The molecular formula is C24H23FN2O5S2. The van der Waals surface area contributed by atoms with Gasteiger partial charge in [-0.15, -0.1) is 23.1 Å². The van der Waals surface area contributed by atoms with E-state index in [1.807, 2.05) is 19.1 Å². The molecular weight excluding hydrogens is 479 g/mol. The highest BCUT2D eigenvalue weighted by Gasteiger charge is 2.20. The van der Waals surface area contributed by atoms with Gasteiger partial charge < -0.3 is 14.4 Å². The van der Waals surface area contributed by atoms with Crippen molar-refractivity contribution in [1.29, 1.82) is 0 Å². The van der Waals surface area contributed by atoms with Crippen LogP contribution in [0.1, 0.15) is 30.0 Å². The van der Waals surface area contributed by atoms with Gasteiger partial charge in [0.25, 0.3) is 5.56 Å². The van der Waals surface area contributed by atoms with Crippen molar-refractivity contribution in [3.8, 4) is 16.3 Å². The maximum absolute atomic E-state index is 14.1. The second-order valence-corrected chi connectivity index (χ2v) is 10.3. The third-order valence-electron chi connectivity index (χ3n) is 5.28. The van der Waals surface area contributed by atoms with Crippen molar-refractivity contribution in [2.75, 3.05) is 7.11 Å². The first-order valence-corrected chi connectivity index (χ1v) is 12.2. The molecule has 1 N–H and O–H groups in total. The third-order valence-corrected chi connectivity index (χ3v) is 7.73. The molecule has 0 bridgehead atoms. The van der Waals surface area contributed by atoms with E-state index in [4.69, 9.17) is 14.4 Å². The molecule has 0 radical (unpaired) electrons. The fourth-order valence-corrected chi connectivity index (χ4v) is 5.67. The zero-order valence-corrected chi connectivity index (χ0v) is 20.7. The molecule has 0 aliphatic heterocycles. The maximum Gasteiger partial charge on any atom is 0.326 e. The Balaban J connectivity index is 1.58. The predicted molar refractivity (Wildman–Crippen MR) is 131 cm³/mol. The SMILES string of the molecule is COc1cc2on(CC(=O)O)c(=O)c2cc1SCc1sc(-c2ccc(C(C)(C)F)cc2)nc1C. The molecule has 0 unspecified atom stereocenters. The standard InChI is InChI=1S/C24H23FN2O5S2/c1-13-20(34-22(26-13)14-5-7-15(8-6-14)24(2,3)25)12-33-19-9-16-17(10-18(19)31-4)32-27(23(16)30)11-21(28)29/h5-10H,11-12H2,1-4H3,(H,28,29). The number of hydrogen-bond donors (Lipinski definition) is 1. The molecule has 0 saturated heterocycles. The van der Waals surface area contributed by atoms with E-state index >= 15 is 0 Å². The Labute approximate surface area is 203 Å². The summed E-state index contributed by atoms with van der Waals surface area (Å²) in [6, 6.07) is 10.6. The smallest absolute Gasteiger partial charge is 0.326 e.